The second-order valence-electron chi connectivity index (χ2n) is 6.43. The van der Waals surface area contributed by atoms with Gasteiger partial charge in [0.2, 0.25) is 0 Å². The first-order chi connectivity index (χ1) is 9.14. The highest BCUT2D eigenvalue weighted by atomic mass is 16.3. The van der Waals surface area contributed by atoms with Gasteiger partial charge in [0.1, 0.15) is 0 Å². The Kier molecular flexibility index (Phi) is 7.75. The molecule has 1 fully saturated rings. The van der Waals surface area contributed by atoms with Crippen LogP contribution in [-0.2, 0) is 0 Å². The predicted molar refractivity (Wildman–Crippen MR) is 84.3 cm³/mol. The maximum Gasteiger partial charge on any atom is 0.0713 e. The summed E-state index contributed by atoms with van der Waals surface area (Å²) in [6.45, 7) is 8.55. The van der Waals surface area contributed by atoms with E-state index >= 15 is 0 Å². The number of aliphatic hydroxyl groups is 1. The van der Waals surface area contributed by atoms with E-state index in [1.807, 2.05) is 0 Å². The summed E-state index contributed by atoms with van der Waals surface area (Å²) < 4.78 is 0. The minimum Gasteiger partial charge on any atom is -0.389 e. The summed E-state index contributed by atoms with van der Waals surface area (Å²) in [4.78, 5) is 0. The molecule has 19 heavy (non-hydrogen) atoms. The van der Waals surface area contributed by atoms with Crippen molar-refractivity contribution in [3.8, 4) is 0 Å². The van der Waals surface area contributed by atoms with Crippen molar-refractivity contribution < 1.29 is 5.11 Å². The standard InChI is InChI=1S/C18H34O/c1-4-6-7-8-9-10-11-12-13-17-16(3)14-15-18(17,19)5-2/h17,19H,3-15H2,1-2H3/t17-,18+/m0/s1. The molecule has 1 heteroatoms. The lowest BCUT2D eigenvalue weighted by Crippen LogP contribution is -2.32. The van der Waals surface area contributed by atoms with Crippen LogP contribution in [0.15, 0.2) is 12.2 Å². The van der Waals surface area contributed by atoms with Gasteiger partial charge in [0, 0.05) is 5.92 Å². The van der Waals surface area contributed by atoms with Gasteiger partial charge >= 0.3 is 0 Å². The molecule has 1 saturated carbocycles. The highest BCUT2D eigenvalue weighted by molar-refractivity contribution is 5.15. The Bertz CT molecular complexity index is 258. The van der Waals surface area contributed by atoms with Crippen LogP contribution in [0.5, 0.6) is 0 Å². The van der Waals surface area contributed by atoms with E-state index in [0.717, 1.165) is 25.7 Å². The van der Waals surface area contributed by atoms with Gasteiger partial charge in [-0.2, -0.15) is 0 Å². The van der Waals surface area contributed by atoms with Gasteiger partial charge in [-0.25, -0.2) is 0 Å². The van der Waals surface area contributed by atoms with Crippen molar-refractivity contribution in [2.24, 2.45) is 5.92 Å². The Labute approximate surface area is 120 Å². The van der Waals surface area contributed by atoms with Crippen LogP contribution >= 0.6 is 0 Å². The molecule has 0 aromatic rings. The van der Waals surface area contributed by atoms with Gasteiger partial charge in [0.05, 0.1) is 5.60 Å². The average Bonchev–Trinajstić information content (AvgIpc) is 2.70. The molecule has 1 aliphatic rings. The lowest BCUT2D eigenvalue weighted by atomic mass is 9.83. The van der Waals surface area contributed by atoms with E-state index in [2.05, 4.69) is 20.4 Å². The van der Waals surface area contributed by atoms with Crippen molar-refractivity contribution in [3.05, 3.63) is 12.2 Å². The lowest BCUT2D eigenvalue weighted by Gasteiger charge is -2.29. The normalized spacial score (nSPS) is 27.1. The third kappa shape index (κ3) is 5.30. The number of hydrogen-bond acceptors (Lipinski definition) is 1. The zero-order valence-electron chi connectivity index (χ0n) is 13.2. The van der Waals surface area contributed by atoms with Gasteiger partial charge in [0.15, 0.2) is 0 Å². The maximum atomic E-state index is 10.6. The number of unbranched alkanes of at least 4 members (excludes halogenated alkanes) is 7. The minimum absolute atomic E-state index is 0.373. The third-order valence-electron chi connectivity index (χ3n) is 4.98. The van der Waals surface area contributed by atoms with Crippen LogP contribution in [0.2, 0.25) is 0 Å². The first-order valence-electron chi connectivity index (χ1n) is 8.54. The summed E-state index contributed by atoms with van der Waals surface area (Å²) in [7, 11) is 0. The Morgan fingerprint density at radius 3 is 2.21 bits per heavy atom. The van der Waals surface area contributed by atoms with Gasteiger partial charge in [0.25, 0.3) is 0 Å². The maximum absolute atomic E-state index is 10.6. The first-order valence-corrected chi connectivity index (χ1v) is 8.54. The summed E-state index contributed by atoms with van der Waals surface area (Å²) in [5, 5.41) is 10.6. The molecule has 0 saturated heterocycles. The molecule has 0 radical (unpaired) electrons. The van der Waals surface area contributed by atoms with E-state index in [-0.39, 0.29) is 0 Å². The highest BCUT2D eigenvalue weighted by Crippen LogP contribution is 2.43. The van der Waals surface area contributed by atoms with Gasteiger partial charge in [-0.1, -0.05) is 77.4 Å². The zero-order valence-corrected chi connectivity index (χ0v) is 13.2. The molecule has 0 unspecified atom stereocenters. The fourth-order valence-corrected chi connectivity index (χ4v) is 3.48. The first kappa shape index (κ1) is 16.8. The number of hydrogen-bond donors (Lipinski definition) is 1. The summed E-state index contributed by atoms with van der Waals surface area (Å²) >= 11 is 0. The molecule has 2 atom stereocenters. The largest absolute Gasteiger partial charge is 0.389 e. The van der Waals surface area contributed by atoms with E-state index in [0.29, 0.717) is 5.92 Å². The van der Waals surface area contributed by atoms with Crippen LogP contribution in [0.25, 0.3) is 0 Å². The molecule has 0 spiro atoms. The molecule has 0 aromatic carbocycles. The minimum atomic E-state index is -0.432. The zero-order chi connectivity index (χ0) is 14.1. The van der Waals surface area contributed by atoms with Crippen molar-refractivity contribution in [1.82, 2.24) is 0 Å². The van der Waals surface area contributed by atoms with Gasteiger partial charge in [-0.15, -0.1) is 0 Å². The van der Waals surface area contributed by atoms with E-state index in [1.54, 1.807) is 0 Å². The third-order valence-corrected chi connectivity index (χ3v) is 4.98. The molecule has 0 amide bonds. The lowest BCUT2D eigenvalue weighted by molar-refractivity contribution is 0.00244. The van der Waals surface area contributed by atoms with Crippen LogP contribution in [0, 0.1) is 5.92 Å². The second-order valence-corrected chi connectivity index (χ2v) is 6.43. The van der Waals surface area contributed by atoms with Crippen molar-refractivity contribution >= 4 is 0 Å². The summed E-state index contributed by atoms with van der Waals surface area (Å²) in [5.74, 6) is 0.373. The Morgan fingerprint density at radius 2 is 1.63 bits per heavy atom. The smallest absolute Gasteiger partial charge is 0.0713 e. The molecule has 1 rings (SSSR count). The molecule has 0 aromatic heterocycles. The Hall–Kier alpha value is -0.300. The van der Waals surface area contributed by atoms with Crippen LogP contribution in [0.1, 0.15) is 90.9 Å². The van der Waals surface area contributed by atoms with Crippen molar-refractivity contribution in [2.75, 3.05) is 0 Å². The highest BCUT2D eigenvalue weighted by Gasteiger charge is 2.41. The summed E-state index contributed by atoms with van der Waals surface area (Å²) in [6, 6.07) is 0. The van der Waals surface area contributed by atoms with Crippen LogP contribution < -0.4 is 0 Å². The van der Waals surface area contributed by atoms with Gasteiger partial charge in [-0.05, 0) is 25.7 Å². The average molecular weight is 266 g/mol. The second kappa shape index (κ2) is 8.79. The fourth-order valence-electron chi connectivity index (χ4n) is 3.48. The molecule has 0 bridgehead atoms. The van der Waals surface area contributed by atoms with Crippen molar-refractivity contribution in [1.29, 1.82) is 0 Å². The molecule has 0 aliphatic heterocycles. The van der Waals surface area contributed by atoms with Crippen LogP contribution in [-0.4, -0.2) is 10.7 Å². The van der Waals surface area contributed by atoms with Crippen molar-refractivity contribution in [2.45, 2.75) is 96.5 Å². The molecule has 1 N–H and O–H groups in total. The molecule has 1 nitrogen and oxygen atoms in total. The van der Waals surface area contributed by atoms with Gasteiger partial charge < -0.3 is 5.11 Å². The summed E-state index contributed by atoms with van der Waals surface area (Å²) in [6.07, 6.45) is 14.9. The van der Waals surface area contributed by atoms with E-state index < -0.39 is 5.60 Å². The number of rotatable bonds is 10. The van der Waals surface area contributed by atoms with Crippen LogP contribution in [0.3, 0.4) is 0 Å². The van der Waals surface area contributed by atoms with E-state index in [1.165, 1.54) is 56.9 Å². The topological polar surface area (TPSA) is 20.2 Å². The molecule has 1 aliphatic carbocycles. The Balaban J connectivity index is 2.10. The molecular formula is C18H34O. The fraction of sp³-hybridized carbons (Fsp3) is 0.889. The molecule has 112 valence electrons. The van der Waals surface area contributed by atoms with Crippen LogP contribution in [0.4, 0.5) is 0 Å². The molecular weight excluding hydrogens is 232 g/mol. The SMILES string of the molecule is C=C1CC[C@](O)(CC)[C@H]1CCCCCCCCCC. The van der Waals surface area contributed by atoms with E-state index in [4.69, 9.17) is 0 Å². The van der Waals surface area contributed by atoms with Gasteiger partial charge in [-0.3, -0.25) is 0 Å². The van der Waals surface area contributed by atoms with Crippen molar-refractivity contribution in [3.63, 3.8) is 0 Å². The quantitative estimate of drug-likeness (QED) is 0.401. The monoisotopic (exact) mass is 266 g/mol. The predicted octanol–water partition coefficient (Wildman–Crippen LogP) is 5.62. The summed E-state index contributed by atoms with van der Waals surface area (Å²) in [5.41, 5.74) is 0.866. The Morgan fingerprint density at radius 1 is 1.05 bits per heavy atom. The van der Waals surface area contributed by atoms with E-state index in [9.17, 15) is 5.11 Å². The molecule has 0 heterocycles.